The Labute approximate surface area is 117 Å². The number of hydrogen-bond donors (Lipinski definition) is 0. The highest BCUT2D eigenvalue weighted by molar-refractivity contribution is 5.31. The molecule has 2 saturated heterocycles. The van der Waals surface area contributed by atoms with E-state index in [1.54, 1.807) is 5.56 Å². The predicted octanol–water partition coefficient (Wildman–Crippen LogP) is 2.74. The number of piperidine rings is 1. The van der Waals surface area contributed by atoms with Crippen LogP contribution in [0.1, 0.15) is 32.3 Å². The third-order valence-corrected chi connectivity index (χ3v) is 5.41. The van der Waals surface area contributed by atoms with E-state index in [2.05, 4.69) is 61.0 Å². The zero-order chi connectivity index (χ0) is 13.5. The molecule has 0 amide bonds. The summed E-state index contributed by atoms with van der Waals surface area (Å²) in [5, 5.41) is 0. The van der Waals surface area contributed by atoms with Gasteiger partial charge in [0.25, 0.3) is 0 Å². The van der Waals surface area contributed by atoms with Crippen LogP contribution in [0.4, 0.5) is 0 Å². The lowest BCUT2D eigenvalue weighted by molar-refractivity contribution is 0.0761. The second-order valence-corrected chi connectivity index (χ2v) is 6.61. The van der Waals surface area contributed by atoms with Gasteiger partial charge in [-0.25, -0.2) is 0 Å². The van der Waals surface area contributed by atoms with Crippen molar-refractivity contribution in [1.29, 1.82) is 0 Å². The maximum atomic E-state index is 2.65. The molecule has 0 aromatic heterocycles. The third kappa shape index (κ3) is 2.11. The molecule has 1 aromatic rings. The first kappa shape index (κ1) is 13.1. The number of fused-ring (bicyclic) bond motifs is 1. The summed E-state index contributed by atoms with van der Waals surface area (Å²) >= 11 is 0. The molecule has 2 atom stereocenters. The lowest BCUT2D eigenvalue weighted by Gasteiger charge is -2.47. The van der Waals surface area contributed by atoms with Gasteiger partial charge in [0, 0.05) is 24.0 Å². The highest BCUT2D eigenvalue weighted by Gasteiger charge is 2.50. The summed E-state index contributed by atoms with van der Waals surface area (Å²) in [6, 6.07) is 12.6. The number of likely N-dealkylation sites (N-methyl/N-ethyl adjacent to an activating group) is 1. The Kier molecular flexibility index (Phi) is 3.40. The van der Waals surface area contributed by atoms with Crippen LogP contribution in [0.25, 0.3) is 0 Å². The van der Waals surface area contributed by atoms with E-state index in [4.69, 9.17) is 0 Å². The molecule has 0 spiro atoms. The summed E-state index contributed by atoms with van der Waals surface area (Å²) in [6.07, 6.45) is 2.63. The van der Waals surface area contributed by atoms with Gasteiger partial charge in [0.2, 0.25) is 0 Å². The molecule has 0 N–H and O–H groups in total. The van der Waals surface area contributed by atoms with Crippen molar-refractivity contribution in [2.24, 2.45) is 0 Å². The van der Waals surface area contributed by atoms with Gasteiger partial charge in [0.05, 0.1) is 0 Å². The SMILES string of the molecule is CC(C)N1CC[C@@]2(c3ccccc3)CCN(C)[C@@H]2C1. The lowest BCUT2D eigenvalue weighted by Crippen LogP contribution is -2.56. The van der Waals surface area contributed by atoms with E-state index in [1.165, 1.54) is 32.5 Å². The summed E-state index contributed by atoms with van der Waals surface area (Å²) in [7, 11) is 2.30. The molecule has 0 unspecified atom stereocenters. The number of hydrogen-bond acceptors (Lipinski definition) is 2. The van der Waals surface area contributed by atoms with Crippen molar-refractivity contribution in [3.8, 4) is 0 Å². The van der Waals surface area contributed by atoms with Crippen LogP contribution in [0.5, 0.6) is 0 Å². The van der Waals surface area contributed by atoms with Crippen LogP contribution in [0.3, 0.4) is 0 Å². The van der Waals surface area contributed by atoms with Crippen LogP contribution in [0.2, 0.25) is 0 Å². The highest BCUT2D eigenvalue weighted by Crippen LogP contribution is 2.45. The average molecular weight is 258 g/mol. The van der Waals surface area contributed by atoms with E-state index in [0.29, 0.717) is 17.5 Å². The number of rotatable bonds is 2. The summed E-state index contributed by atoms with van der Waals surface area (Å²) in [5.74, 6) is 0. The average Bonchev–Trinajstić information content (AvgIpc) is 2.78. The fourth-order valence-corrected chi connectivity index (χ4v) is 4.10. The molecule has 0 aliphatic carbocycles. The monoisotopic (exact) mass is 258 g/mol. The minimum Gasteiger partial charge on any atom is -0.301 e. The molecule has 2 nitrogen and oxygen atoms in total. The van der Waals surface area contributed by atoms with Gasteiger partial charge < -0.3 is 4.90 Å². The molecule has 1 aromatic carbocycles. The Balaban J connectivity index is 1.92. The molecule has 0 saturated carbocycles. The van der Waals surface area contributed by atoms with Gasteiger partial charge in [-0.15, -0.1) is 0 Å². The van der Waals surface area contributed by atoms with Gasteiger partial charge >= 0.3 is 0 Å². The Bertz CT molecular complexity index is 428. The molecule has 2 aliphatic heterocycles. The van der Waals surface area contributed by atoms with Gasteiger partial charge in [-0.2, -0.15) is 0 Å². The van der Waals surface area contributed by atoms with Gasteiger partial charge in [-0.05, 0) is 52.4 Å². The summed E-state index contributed by atoms with van der Waals surface area (Å²) in [5.41, 5.74) is 1.97. The number of nitrogens with zero attached hydrogens (tertiary/aromatic N) is 2. The molecule has 0 radical (unpaired) electrons. The minimum absolute atomic E-state index is 0.404. The van der Waals surface area contributed by atoms with Crippen molar-refractivity contribution in [2.75, 3.05) is 26.7 Å². The topological polar surface area (TPSA) is 6.48 Å². The second kappa shape index (κ2) is 4.92. The molecule has 0 bridgehead atoms. The first-order valence-corrected chi connectivity index (χ1v) is 7.63. The van der Waals surface area contributed by atoms with E-state index in [1.807, 2.05) is 0 Å². The number of benzene rings is 1. The Hall–Kier alpha value is -0.860. The Morgan fingerprint density at radius 1 is 1.11 bits per heavy atom. The molecule has 2 heteroatoms. The zero-order valence-electron chi connectivity index (χ0n) is 12.5. The van der Waals surface area contributed by atoms with Gasteiger partial charge in [0.15, 0.2) is 0 Å². The van der Waals surface area contributed by atoms with Crippen molar-refractivity contribution in [3.63, 3.8) is 0 Å². The Morgan fingerprint density at radius 3 is 2.47 bits per heavy atom. The molecule has 2 heterocycles. The fourth-order valence-electron chi connectivity index (χ4n) is 4.10. The molecule has 3 rings (SSSR count). The van der Waals surface area contributed by atoms with E-state index in [9.17, 15) is 0 Å². The van der Waals surface area contributed by atoms with E-state index in [-0.39, 0.29) is 0 Å². The van der Waals surface area contributed by atoms with Crippen molar-refractivity contribution < 1.29 is 0 Å². The second-order valence-electron chi connectivity index (χ2n) is 6.61. The Morgan fingerprint density at radius 2 is 1.79 bits per heavy atom. The smallest absolute Gasteiger partial charge is 0.0317 e. The van der Waals surface area contributed by atoms with Gasteiger partial charge in [0.1, 0.15) is 0 Å². The maximum absolute atomic E-state index is 2.65. The molecule has 19 heavy (non-hydrogen) atoms. The quantitative estimate of drug-likeness (QED) is 0.805. The van der Waals surface area contributed by atoms with Crippen LogP contribution in [0.15, 0.2) is 30.3 Å². The normalized spacial score (nSPS) is 32.7. The number of likely N-dealkylation sites (tertiary alicyclic amines) is 2. The third-order valence-electron chi connectivity index (χ3n) is 5.41. The van der Waals surface area contributed by atoms with Crippen molar-refractivity contribution in [3.05, 3.63) is 35.9 Å². The summed E-state index contributed by atoms with van der Waals surface area (Å²) < 4.78 is 0. The van der Waals surface area contributed by atoms with Gasteiger partial charge in [-0.1, -0.05) is 30.3 Å². The van der Waals surface area contributed by atoms with Crippen LogP contribution < -0.4 is 0 Å². The first-order valence-electron chi connectivity index (χ1n) is 7.63. The summed E-state index contributed by atoms with van der Waals surface area (Å²) in [4.78, 5) is 5.23. The highest BCUT2D eigenvalue weighted by atomic mass is 15.3. The molecule has 2 fully saturated rings. The van der Waals surface area contributed by atoms with E-state index >= 15 is 0 Å². The van der Waals surface area contributed by atoms with E-state index in [0.717, 1.165) is 0 Å². The van der Waals surface area contributed by atoms with Crippen molar-refractivity contribution in [1.82, 2.24) is 9.80 Å². The fraction of sp³-hybridized carbons (Fsp3) is 0.647. The molecular formula is C17H26N2. The standard InChI is InChI=1S/C17H26N2/c1-14(2)19-12-10-17(15-7-5-4-6-8-15)9-11-18(3)16(17)13-19/h4-8,14,16H,9-13H2,1-3H3/t16-,17-/m1/s1. The van der Waals surface area contributed by atoms with Crippen molar-refractivity contribution in [2.45, 2.75) is 44.2 Å². The molecule has 2 aliphatic rings. The van der Waals surface area contributed by atoms with E-state index < -0.39 is 0 Å². The summed E-state index contributed by atoms with van der Waals surface area (Å²) in [6.45, 7) is 8.36. The van der Waals surface area contributed by atoms with Gasteiger partial charge in [-0.3, -0.25) is 4.90 Å². The maximum Gasteiger partial charge on any atom is 0.0317 e. The zero-order valence-corrected chi connectivity index (χ0v) is 12.5. The van der Waals surface area contributed by atoms with Crippen LogP contribution in [-0.4, -0.2) is 48.6 Å². The van der Waals surface area contributed by atoms with Crippen LogP contribution >= 0.6 is 0 Å². The first-order chi connectivity index (χ1) is 9.13. The lowest BCUT2D eigenvalue weighted by atomic mass is 9.69. The van der Waals surface area contributed by atoms with Crippen LogP contribution in [-0.2, 0) is 5.41 Å². The predicted molar refractivity (Wildman–Crippen MR) is 80.5 cm³/mol. The molecular weight excluding hydrogens is 232 g/mol. The van der Waals surface area contributed by atoms with Crippen LogP contribution in [0, 0.1) is 0 Å². The van der Waals surface area contributed by atoms with Crippen molar-refractivity contribution >= 4 is 0 Å². The largest absolute Gasteiger partial charge is 0.301 e. The minimum atomic E-state index is 0.404. The molecule has 104 valence electrons.